The zero-order chi connectivity index (χ0) is 10.8. The van der Waals surface area contributed by atoms with Crippen LogP contribution >= 0.6 is 15.9 Å². The fourth-order valence-electron chi connectivity index (χ4n) is 1.13. The summed E-state index contributed by atoms with van der Waals surface area (Å²) in [6.45, 7) is 6.85. The highest BCUT2D eigenvalue weighted by Gasteiger charge is 2.24. The Bertz CT molecular complexity index is 343. The van der Waals surface area contributed by atoms with Crippen LogP contribution in [0, 0.1) is 22.7 Å². The molecule has 1 rings (SSSR count). The molecule has 0 fully saturated rings. The molecule has 3 nitrogen and oxygen atoms in total. The standard InChI is InChI=1S/C10H14BrN3/c1-10(2,3)8(4-12)6-14-7-9(11)5-13-14/h5,7-8H,6H2,1-3H3. The second-order valence-corrected chi connectivity index (χ2v) is 5.34. The van der Waals surface area contributed by atoms with Gasteiger partial charge in [0, 0.05) is 6.20 Å². The second kappa shape index (κ2) is 4.14. The quantitative estimate of drug-likeness (QED) is 0.816. The minimum absolute atomic E-state index is 0.00677. The van der Waals surface area contributed by atoms with Gasteiger partial charge in [0.05, 0.1) is 29.2 Å². The summed E-state index contributed by atoms with van der Waals surface area (Å²) in [6, 6.07) is 2.32. The number of rotatable bonds is 2. The van der Waals surface area contributed by atoms with Crippen LogP contribution in [0.1, 0.15) is 20.8 Å². The van der Waals surface area contributed by atoms with Gasteiger partial charge in [-0.2, -0.15) is 10.4 Å². The Morgan fingerprint density at radius 3 is 2.64 bits per heavy atom. The third kappa shape index (κ3) is 2.85. The molecule has 0 saturated heterocycles. The molecule has 0 aliphatic heterocycles. The lowest BCUT2D eigenvalue weighted by Gasteiger charge is -2.24. The maximum Gasteiger partial charge on any atom is 0.0707 e. The molecule has 1 aromatic heterocycles. The fourth-order valence-corrected chi connectivity index (χ4v) is 1.46. The minimum atomic E-state index is -0.0192. The minimum Gasteiger partial charge on any atom is -0.270 e. The first-order chi connectivity index (χ1) is 6.43. The van der Waals surface area contributed by atoms with E-state index in [0.29, 0.717) is 6.54 Å². The third-order valence-corrected chi connectivity index (χ3v) is 2.58. The molecule has 1 heterocycles. The van der Waals surface area contributed by atoms with Gasteiger partial charge in [-0.1, -0.05) is 20.8 Å². The van der Waals surface area contributed by atoms with Gasteiger partial charge in [0.2, 0.25) is 0 Å². The largest absolute Gasteiger partial charge is 0.270 e. The van der Waals surface area contributed by atoms with Crippen LogP contribution in [-0.4, -0.2) is 9.78 Å². The van der Waals surface area contributed by atoms with Crippen LogP contribution in [0.5, 0.6) is 0 Å². The van der Waals surface area contributed by atoms with Gasteiger partial charge in [-0.25, -0.2) is 0 Å². The Morgan fingerprint density at radius 1 is 1.64 bits per heavy atom. The van der Waals surface area contributed by atoms with Crippen molar-refractivity contribution in [3.8, 4) is 6.07 Å². The molecule has 0 aliphatic carbocycles. The molecule has 4 heteroatoms. The van der Waals surface area contributed by atoms with Gasteiger partial charge in [0.25, 0.3) is 0 Å². The molecule has 76 valence electrons. The van der Waals surface area contributed by atoms with Gasteiger partial charge >= 0.3 is 0 Å². The topological polar surface area (TPSA) is 41.6 Å². The summed E-state index contributed by atoms with van der Waals surface area (Å²) in [4.78, 5) is 0. The Morgan fingerprint density at radius 2 is 2.29 bits per heavy atom. The van der Waals surface area contributed by atoms with Crippen molar-refractivity contribution >= 4 is 15.9 Å². The molecular formula is C10H14BrN3. The molecule has 1 unspecified atom stereocenters. The van der Waals surface area contributed by atoms with E-state index in [1.165, 1.54) is 0 Å². The van der Waals surface area contributed by atoms with E-state index in [0.717, 1.165) is 4.47 Å². The zero-order valence-corrected chi connectivity index (χ0v) is 10.2. The highest BCUT2D eigenvalue weighted by atomic mass is 79.9. The van der Waals surface area contributed by atoms with Gasteiger partial charge in [-0.3, -0.25) is 4.68 Å². The van der Waals surface area contributed by atoms with Gasteiger partial charge in [0.15, 0.2) is 0 Å². The molecule has 0 saturated carbocycles. The van der Waals surface area contributed by atoms with Crippen molar-refractivity contribution in [2.24, 2.45) is 11.3 Å². The molecular weight excluding hydrogens is 242 g/mol. The number of nitrogens with zero attached hydrogens (tertiary/aromatic N) is 3. The lowest BCUT2D eigenvalue weighted by atomic mass is 9.82. The predicted molar refractivity (Wildman–Crippen MR) is 58.5 cm³/mol. The number of halogens is 1. The SMILES string of the molecule is CC(C)(C)C(C#N)Cn1cc(Br)cn1. The van der Waals surface area contributed by atoms with Gasteiger partial charge < -0.3 is 0 Å². The molecule has 0 spiro atoms. The van der Waals surface area contributed by atoms with Crippen molar-refractivity contribution in [1.29, 1.82) is 5.26 Å². The normalized spacial score (nSPS) is 13.6. The first-order valence-corrected chi connectivity index (χ1v) is 5.30. The molecule has 1 aromatic rings. The number of nitriles is 1. The summed E-state index contributed by atoms with van der Waals surface area (Å²) in [5.41, 5.74) is -0.00677. The van der Waals surface area contributed by atoms with Crippen LogP contribution in [0.15, 0.2) is 16.9 Å². The van der Waals surface area contributed by atoms with Crippen LogP contribution in [0.2, 0.25) is 0 Å². The van der Waals surface area contributed by atoms with Crippen molar-refractivity contribution in [2.75, 3.05) is 0 Å². The lowest BCUT2D eigenvalue weighted by molar-refractivity contribution is 0.263. The van der Waals surface area contributed by atoms with E-state index >= 15 is 0 Å². The predicted octanol–water partition coefficient (Wildman–Crippen LogP) is 2.83. The molecule has 0 aromatic carbocycles. The summed E-state index contributed by atoms with van der Waals surface area (Å²) >= 11 is 3.33. The average molecular weight is 256 g/mol. The van der Waals surface area contributed by atoms with Crippen molar-refractivity contribution in [2.45, 2.75) is 27.3 Å². The summed E-state index contributed by atoms with van der Waals surface area (Å²) in [6.07, 6.45) is 3.62. The Kier molecular flexibility index (Phi) is 3.33. The monoisotopic (exact) mass is 255 g/mol. The first-order valence-electron chi connectivity index (χ1n) is 4.51. The van der Waals surface area contributed by atoms with E-state index in [2.05, 4.69) is 47.9 Å². The maximum atomic E-state index is 9.03. The van der Waals surface area contributed by atoms with Crippen molar-refractivity contribution < 1.29 is 0 Å². The molecule has 0 bridgehead atoms. The van der Waals surface area contributed by atoms with E-state index in [1.807, 2.05) is 6.20 Å². The summed E-state index contributed by atoms with van der Waals surface area (Å²) in [5, 5.41) is 13.2. The number of hydrogen-bond acceptors (Lipinski definition) is 2. The molecule has 0 amide bonds. The van der Waals surface area contributed by atoms with E-state index in [1.54, 1.807) is 10.9 Å². The number of hydrogen-bond donors (Lipinski definition) is 0. The molecule has 1 atom stereocenters. The van der Waals surface area contributed by atoms with Crippen molar-refractivity contribution in [1.82, 2.24) is 9.78 Å². The van der Waals surface area contributed by atoms with Crippen LogP contribution in [-0.2, 0) is 6.54 Å². The Labute approximate surface area is 92.9 Å². The highest BCUT2D eigenvalue weighted by Crippen LogP contribution is 2.26. The van der Waals surface area contributed by atoms with Crippen LogP contribution in [0.25, 0.3) is 0 Å². The van der Waals surface area contributed by atoms with Crippen LogP contribution in [0.3, 0.4) is 0 Å². The molecule has 0 radical (unpaired) electrons. The Balaban J connectivity index is 2.73. The highest BCUT2D eigenvalue weighted by molar-refractivity contribution is 9.10. The van der Waals surface area contributed by atoms with Crippen molar-refractivity contribution in [3.63, 3.8) is 0 Å². The van der Waals surface area contributed by atoms with E-state index in [4.69, 9.17) is 5.26 Å². The Hall–Kier alpha value is -0.820. The number of aromatic nitrogens is 2. The molecule has 0 N–H and O–H groups in total. The second-order valence-electron chi connectivity index (χ2n) is 4.43. The smallest absolute Gasteiger partial charge is 0.0707 e. The van der Waals surface area contributed by atoms with Crippen LogP contribution < -0.4 is 0 Å². The van der Waals surface area contributed by atoms with E-state index in [9.17, 15) is 0 Å². The molecule has 0 aliphatic rings. The summed E-state index contributed by atoms with van der Waals surface area (Å²) in [7, 11) is 0. The average Bonchev–Trinajstić information content (AvgIpc) is 2.45. The van der Waals surface area contributed by atoms with Crippen molar-refractivity contribution in [3.05, 3.63) is 16.9 Å². The maximum absolute atomic E-state index is 9.03. The van der Waals surface area contributed by atoms with Gasteiger partial charge in [-0.15, -0.1) is 0 Å². The van der Waals surface area contributed by atoms with E-state index < -0.39 is 0 Å². The summed E-state index contributed by atoms with van der Waals surface area (Å²) < 4.78 is 2.74. The lowest BCUT2D eigenvalue weighted by Crippen LogP contribution is -2.24. The van der Waals surface area contributed by atoms with Gasteiger partial charge in [-0.05, 0) is 21.3 Å². The van der Waals surface area contributed by atoms with Gasteiger partial charge in [0.1, 0.15) is 0 Å². The summed E-state index contributed by atoms with van der Waals surface area (Å²) in [5.74, 6) is -0.0192. The van der Waals surface area contributed by atoms with E-state index in [-0.39, 0.29) is 11.3 Å². The zero-order valence-electron chi connectivity index (χ0n) is 8.66. The fraction of sp³-hybridized carbons (Fsp3) is 0.600. The third-order valence-electron chi connectivity index (χ3n) is 2.17. The molecule has 14 heavy (non-hydrogen) atoms. The van der Waals surface area contributed by atoms with Crippen LogP contribution in [0.4, 0.5) is 0 Å². The first kappa shape index (κ1) is 11.3.